The summed E-state index contributed by atoms with van der Waals surface area (Å²) < 4.78 is 1.83. The molecule has 0 bridgehead atoms. The monoisotopic (exact) mass is 375 g/mol. The van der Waals surface area contributed by atoms with Crippen molar-refractivity contribution in [3.8, 4) is 0 Å². The van der Waals surface area contributed by atoms with Gasteiger partial charge < -0.3 is 0 Å². The fourth-order valence-corrected chi connectivity index (χ4v) is 3.00. The number of guanidine groups is 1. The van der Waals surface area contributed by atoms with Gasteiger partial charge in [0, 0.05) is 19.1 Å². The van der Waals surface area contributed by atoms with E-state index in [1.807, 2.05) is 23.6 Å². The van der Waals surface area contributed by atoms with Gasteiger partial charge in [0.05, 0.1) is 12.8 Å². The van der Waals surface area contributed by atoms with Gasteiger partial charge in [0.2, 0.25) is 11.9 Å². The van der Waals surface area contributed by atoms with Crippen LogP contribution in [0.3, 0.4) is 0 Å². The standard InChI is InChI=1S/C17H19ClN6O2/c1-4-9-24-13-14(22(2)17(26)23(3)15(13)25)20-16(24)21-19-10-11-5-7-12(18)8-6-11/h5-8,10,13H,4,9H2,1-3H3/p+1/b19-10+. The SMILES string of the molecule is CCC[N+]1=C(N/N=C/c2ccc(Cl)cc2)N=C2C1C(=O)N(C)C(=O)N2C. The highest BCUT2D eigenvalue weighted by atomic mass is 35.5. The molecule has 2 aliphatic rings. The molecular formula is C17H20ClN6O2+. The van der Waals surface area contributed by atoms with Gasteiger partial charge in [-0.3, -0.25) is 14.6 Å². The van der Waals surface area contributed by atoms with E-state index < -0.39 is 12.1 Å². The predicted octanol–water partition coefficient (Wildman–Crippen LogP) is 1.35. The van der Waals surface area contributed by atoms with Crippen LogP contribution in [0, 0.1) is 0 Å². The highest BCUT2D eigenvalue weighted by molar-refractivity contribution is 6.30. The number of aliphatic imine (C=N–C) groups is 1. The Bertz CT molecular complexity index is 830. The maximum atomic E-state index is 12.6. The molecule has 2 aliphatic heterocycles. The smallest absolute Gasteiger partial charge is 0.270 e. The molecule has 3 rings (SSSR count). The zero-order chi connectivity index (χ0) is 18.8. The Morgan fingerprint density at radius 2 is 1.96 bits per heavy atom. The van der Waals surface area contributed by atoms with Crippen LogP contribution in [0.2, 0.25) is 5.02 Å². The Kier molecular flexibility index (Phi) is 5.03. The average Bonchev–Trinajstić information content (AvgIpc) is 2.99. The van der Waals surface area contributed by atoms with Gasteiger partial charge in [0.15, 0.2) is 0 Å². The predicted molar refractivity (Wildman–Crippen MR) is 99.8 cm³/mol. The molecule has 1 aromatic carbocycles. The van der Waals surface area contributed by atoms with Crippen molar-refractivity contribution < 1.29 is 14.2 Å². The Hall–Kier alpha value is -2.74. The van der Waals surface area contributed by atoms with Crippen molar-refractivity contribution in [2.75, 3.05) is 20.6 Å². The van der Waals surface area contributed by atoms with Gasteiger partial charge in [-0.05, 0) is 24.1 Å². The summed E-state index contributed by atoms with van der Waals surface area (Å²) in [7, 11) is 3.09. The van der Waals surface area contributed by atoms with Crippen LogP contribution in [0.25, 0.3) is 0 Å². The fourth-order valence-electron chi connectivity index (χ4n) is 2.88. The Morgan fingerprint density at radius 1 is 1.27 bits per heavy atom. The van der Waals surface area contributed by atoms with Crippen molar-refractivity contribution in [1.29, 1.82) is 0 Å². The summed E-state index contributed by atoms with van der Waals surface area (Å²) in [4.78, 5) is 31.7. The number of amidine groups is 1. The molecule has 1 aromatic rings. The van der Waals surface area contributed by atoms with E-state index in [1.54, 1.807) is 25.4 Å². The minimum Gasteiger partial charge on any atom is -0.270 e. The number of hydrogen-bond donors (Lipinski definition) is 1. The topological polar surface area (TPSA) is 80.4 Å². The van der Waals surface area contributed by atoms with Gasteiger partial charge in [-0.2, -0.15) is 5.43 Å². The lowest BCUT2D eigenvalue weighted by Gasteiger charge is -2.31. The number of hydrogen-bond acceptors (Lipinski definition) is 5. The number of hydrazone groups is 1. The lowest BCUT2D eigenvalue weighted by Crippen LogP contribution is -2.61. The number of urea groups is 1. The fraction of sp³-hybridized carbons (Fsp3) is 0.353. The third-order valence-corrected chi connectivity index (χ3v) is 4.50. The second-order valence-electron chi connectivity index (χ2n) is 6.05. The average molecular weight is 376 g/mol. The maximum Gasteiger partial charge on any atom is 0.413 e. The molecule has 136 valence electrons. The van der Waals surface area contributed by atoms with Gasteiger partial charge in [-0.15, -0.1) is 5.10 Å². The van der Waals surface area contributed by atoms with Gasteiger partial charge in [0.1, 0.15) is 0 Å². The number of amides is 3. The summed E-state index contributed by atoms with van der Waals surface area (Å²) in [5, 5.41) is 4.85. The number of nitrogens with one attached hydrogen (secondary N) is 1. The minimum absolute atomic E-state index is 0.293. The van der Waals surface area contributed by atoms with E-state index in [2.05, 4.69) is 15.5 Å². The molecule has 1 atom stereocenters. The van der Waals surface area contributed by atoms with Crippen LogP contribution in [0.5, 0.6) is 0 Å². The normalized spacial score (nSPS) is 20.2. The van der Waals surface area contributed by atoms with E-state index >= 15 is 0 Å². The number of likely N-dealkylation sites (N-methyl/N-ethyl adjacent to an activating group) is 2. The summed E-state index contributed by atoms with van der Waals surface area (Å²) >= 11 is 5.87. The van der Waals surface area contributed by atoms with Gasteiger partial charge >= 0.3 is 12.0 Å². The minimum atomic E-state index is -0.615. The summed E-state index contributed by atoms with van der Waals surface area (Å²) in [5.74, 6) is 0.565. The van der Waals surface area contributed by atoms with Crippen LogP contribution >= 0.6 is 11.6 Å². The molecule has 0 radical (unpaired) electrons. The Morgan fingerprint density at radius 3 is 2.62 bits per heavy atom. The van der Waals surface area contributed by atoms with Crippen molar-refractivity contribution in [3.63, 3.8) is 0 Å². The first-order valence-electron chi connectivity index (χ1n) is 8.26. The van der Waals surface area contributed by atoms with E-state index in [0.717, 1.165) is 16.9 Å². The van der Waals surface area contributed by atoms with E-state index in [1.165, 1.54) is 11.9 Å². The lowest BCUT2D eigenvalue weighted by molar-refractivity contribution is -0.537. The Labute approximate surface area is 156 Å². The molecule has 2 heterocycles. The highest BCUT2D eigenvalue weighted by Crippen LogP contribution is 2.18. The molecule has 3 amide bonds. The number of carbonyl (C=O) groups excluding carboxylic acids is 2. The quantitative estimate of drug-likeness (QED) is 0.490. The largest absolute Gasteiger partial charge is 0.413 e. The Balaban J connectivity index is 1.86. The molecule has 1 saturated heterocycles. The van der Waals surface area contributed by atoms with E-state index in [4.69, 9.17) is 11.6 Å². The van der Waals surface area contributed by atoms with Gasteiger partial charge in [-0.1, -0.05) is 35.6 Å². The van der Waals surface area contributed by atoms with Crippen LogP contribution in [0.4, 0.5) is 4.79 Å². The molecule has 1 unspecified atom stereocenters. The van der Waals surface area contributed by atoms with Crippen molar-refractivity contribution in [3.05, 3.63) is 34.9 Å². The third-order valence-electron chi connectivity index (χ3n) is 4.24. The molecule has 26 heavy (non-hydrogen) atoms. The van der Waals surface area contributed by atoms with Gasteiger partial charge in [0.25, 0.3) is 5.91 Å². The lowest BCUT2D eigenvalue weighted by atomic mass is 10.1. The molecule has 0 aromatic heterocycles. The number of carbonyl (C=O) groups is 2. The summed E-state index contributed by atoms with van der Waals surface area (Å²) in [6.07, 6.45) is 2.46. The van der Waals surface area contributed by atoms with E-state index in [-0.39, 0.29) is 5.91 Å². The molecule has 0 spiro atoms. The summed E-state index contributed by atoms with van der Waals surface area (Å²) in [6, 6.07) is 6.22. The summed E-state index contributed by atoms with van der Waals surface area (Å²) in [5.41, 5.74) is 3.76. The molecule has 1 fully saturated rings. The summed E-state index contributed by atoms with van der Waals surface area (Å²) in [6.45, 7) is 2.62. The van der Waals surface area contributed by atoms with Crippen LogP contribution < -0.4 is 5.43 Å². The van der Waals surface area contributed by atoms with Crippen LogP contribution in [-0.4, -0.2) is 71.0 Å². The highest BCUT2D eigenvalue weighted by Gasteiger charge is 2.51. The zero-order valence-corrected chi connectivity index (χ0v) is 15.6. The number of rotatable bonds is 4. The number of fused-ring (bicyclic) bond motifs is 1. The molecule has 0 aliphatic carbocycles. The zero-order valence-electron chi connectivity index (χ0n) is 14.8. The maximum absolute atomic E-state index is 12.6. The van der Waals surface area contributed by atoms with Crippen molar-refractivity contribution >= 4 is 41.5 Å². The first-order valence-corrected chi connectivity index (χ1v) is 8.64. The molecule has 0 saturated carbocycles. The van der Waals surface area contributed by atoms with Crippen molar-refractivity contribution in [1.82, 2.24) is 15.2 Å². The van der Waals surface area contributed by atoms with Crippen molar-refractivity contribution in [2.24, 2.45) is 10.1 Å². The molecule has 8 nitrogen and oxygen atoms in total. The second-order valence-corrected chi connectivity index (χ2v) is 6.49. The van der Waals surface area contributed by atoms with Crippen LogP contribution in [0.1, 0.15) is 18.9 Å². The molecule has 9 heteroatoms. The third kappa shape index (κ3) is 3.20. The number of nitrogens with zero attached hydrogens (tertiary/aromatic N) is 5. The first kappa shape index (κ1) is 18.1. The molecular weight excluding hydrogens is 356 g/mol. The molecule has 1 N–H and O–H groups in total. The number of benzene rings is 1. The van der Waals surface area contributed by atoms with Crippen LogP contribution in [0.15, 0.2) is 34.4 Å². The van der Waals surface area contributed by atoms with Crippen molar-refractivity contribution in [2.45, 2.75) is 19.4 Å². The van der Waals surface area contributed by atoms with E-state index in [9.17, 15) is 9.59 Å². The number of imide groups is 1. The van der Waals surface area contributed by atoms with Crippen LogP contribution in [-0.2, 0) is 4.79 Å². The van der Waals surface area contributed by atoms with Gasteiger partial charge in [-0.25, -0.2) is 9.37 Å². The first-order chi connectivity index (χ1) is 12.4. The number of halogens is 1. The second kappa shape index (κ2) is 7.25. The van der Waals surface area contributed by atoms with E-state index in [0.29, 0.717) is 23.4 Å².